The number of ether oxygens (including phenoxy) is 3. The minimum absolute atomic E-state index is 0.0383. The normalized spacial score (nSPS) is 11.9. The van der Waals surface area contributed by atoms with E-state index in [9.17, 15) is 17.2 Å². The zero-order chi connectivity index (χ0) is 26.6. The summed E-state index contributed by atoms with van der Waals surface area (Å²) in [5.41, 5.74) is 1.24. The Kier molecular flexibility index (Phi) is 7.53. The molecule has 1 N–H and O–H groups in total. The van der Waals surface area contributed by atoms with Crippen molar-refractivity contribution < 1.29 is 31.4 Å². The Morgan fingerprint density at radius 2 is 1.62 bits per heavy atom. The van der Waals surface area contributed by atoms with E-state index in [1.165, 1.54) is 63.7 Å². The van der Waals surface area contributed by atoms with Gasteiger partial charge in [0.1, 0.15) is 17.4 Å². The minimum atomic E-state index is -3.90. The molecule has 0 spiro atoms. The average Bonchev–Trinajstić information content (AvgIpc) is 2.85. The summed E-state index contributed by atoms with van der Waals surface area (Å²) >= 11 is 0. The van der Waals surface area contributed by atoms with Gasteiger partial charge >= 0.3 is 0 Å². The number of nitrogens with zero attached hydrogens (tertiary/aromatic N) is 2. The molecule has 4 rings (SSSR count). The van der Waals surface area contributed by atoms with Gasteiger partial charge in [0.2, 0.25) is 0 Å². The van der Waals surface area contributed by atoms with Crippen molar-refractivity contribution in [3.8, 4) is 23.0 Å². The number of halogens is 2. The monoisotopic (exact) mass is 527 g/mol. The predicted molar refractivity (Wildman–Crippen MR) is 137 cm³/mol. The largest absolute Gasteiger partial charge is 0.493 e. The van der Waals surface area contributed by atoms with E-state index in [1.54, 1.807) is 18.2 Å². The molecule has 37 heavy (non-hydrogen) atoms. The molecule has 8 nitrogen and oxygen atoms in total. The lowest BCUT2D eigenvalue weighted by Gasteiger charge is -2.13. The van der Waals surface area contributed by atoms with Crippen LogP contribution in [0, 0.1) is 11.6 Å². The lowest BCUT2D eigenvalue weighted by Crippen LogP contribution is -2.12. The molecule has 0 aliphatic heterocycles. The molecule has 0 saturated carbocycles. The van der Waals surface area contributed by atoms with E-state index in [2.05, 4.69) is 14.7 Å². The molecule has 0 unspecified atom stereocenters. The molecule has 0 fully saturated rings. The standard InChI is InChI=1S/C26H23F2N3O5S/c1-16(31-37(32,33)15-17-4-6-18(27)7-5-17)30-19-8-9-24(21(28)12-19)36-23-10-11-29-22-14-26(35-3)25(34-2)13-20(22)23/h4-14H,15H2,1-3H3,(H,30,31). The molecule has 4 aromatic rings. The fraction of sp³-hybridized carbons (Fsp3) is 0.154. The van der Waals surface area contributed by atoms with Crippen molar-refractivity contribution in [2.24, 2.45) is 4.40 Å². The van der Waals surface area contributed by atoms with Gasteiger partial charge in [-0.3, -0.25) is 4.98 Å². The highest BCUT2D eigenvalue weighted by molar-refractivity contribution is 7.89. The third kappa shape index (κ3) is 6.31. The van der Waals surface area contributed by atoms with Crippen LogP contribution in [0.1, 0.15) is 12.5 Å². The molecule has 1 heterocycles. The molecule has 0 radical (unpaired) electrons. The van der Waals surface area contributed by atoms with E-state index in [1.807, 2.05) is 0 Å². The smallest absolute Gasteiger partial charge is 0.258 e. The number of fused-ring (bicyclic) bond motifs is 1. The van der Waals surface area contributed by atoms with Crippen LogP contribution in [0.4, 0.5) is 14.5 Å². The molecule has 0 aliphatic rings. The SMILES string of the molecule is COc1cc2nccc(Oc3ccc(NC(C)=NS(=O)(=O)Cc4ccc(F)cc4)cc3F)c2cc1OC. The fourth-order valence-electron chi connectivity index (χ4n) is 3.58. The maximum absolute atomic E-state index is 14.9. The second-order valence-electron chi connectivity index (χ2n) is 7.94. The van der Waals surface area contributed by atoms with E-state index in [0.29, 0.717) is 33.7 Å². The van der Waals surface area contributed by atoms with Crippen LogP contribution in [0.15, 0.2) is 71.3 Å². The molecule has 192 valence electrons. The van der Waals surface area contributed by atoms with Gasteiger partial charge in [-0.15, -0.1) is 0 Å². The summed E-state index contributed by atoms with van der Waals surface area (Å²) in [4.78, 5) is 4.30. The highest BCUT2D eigenvalue weighted by Gasteiger charge is 2.14. The fourth-order valence-corrected chi connectivity index (χ4v) is 4.72. The summed E-state index contributed by atoms with van der Waals surface area (Å²) in [7, 11) is -0.876. The first-order valence-corrected chi connectivity index (χ1v) is 12.6. The Hall–Kier alpha value is -4.25. The van der Waals surface area contributed by atoms with Crippen LogP contribution in [-0.2, 0) is 15.8 Å². The third-order valence-corrected chi connectivity index (χ3v) is 6.47. The lowest BCUT2D eigenvalue weighted by atomic mass is 10.2. The van der Waals surface area contributed by atoms with Crippen molar-refractivity contribution >= 4 is 32.4 Å². The highest BCUT2D eigenvalue weighted by Crippen LogP contribution is 2.37. The van der Waals surface area contributed by atoms with E-state index in [-0.39, 0.29) is 17.3 Å². The van der Waals surface area contributed by atoms with Crippen molar-refractivity contribution in [2.75, 3.05) is 19.5 Å². The number of rotatable bonds is 8. The number of benzene rings is 3. The number of anilines is 1. The van der Waals surface area contributed by atoms with Crippen LogP contribution in [0.5, 0.6) is 23.0 Å². The molecular weight excluding hydrogens is 504 g/mol. The van der Waals surface area contributed by atoms with Crippen molar-refractivity contribution in [3.05, 3.63) is 84.1 Å². The maximum atomic E-state index is 14.9. The van der Waals surface area contributed by atoms with Crippen molar-refractivity contribution in [1.29, 1.82) is 0 Å². The van der Waals surface area contributed by atoms with Crippen LogP contribution < -0.4 is 19.5 Å². The van der Waals surface area contributed by atoms with Crippen LogP contribution in [0.3, 0.4) is 0 Å². The summed E-state index contributed by atoms with van der Waals surface area (Å²) in [5.74, 6) is -0.233. The molecular formula is C26H23F2N3O5S. The van der Waals surface area contributed by atoms with Gasteiger partial charge in [0.05, 0.1) is 25.5 Å². The number of hydrogen-bond acceptors (Lipinski definition) is 6. The zero-order valence-corrected chi connectivity index (χ0v) is 21.0. The molecule has 11 heteroatoms. The van der Waals surface area contributed by atoms with Crippen molar-refractivity contribution in [3.63, 3.8) is 0 Å². The van der Waals surface area contributed by atoms with Crippen molar-refractivity contribution in [1.82, 2.24) is 4.98 Å². The van der Waals surface area contributed by atoms with Gasteiger partial charge < -0.3 is 19.5 Å². The molecule has 0 bridgehead atoms. The molecule has 0 atom stereocenters. The predicted octanol–water partition coefficient (Wildman–Crippen LogP) is 5.68. The first kappa shape index (κ1) is 25.8. The number of sulfonamides is 1. The van der Waals surface area contributed by atoms with Gasteiger partial charge in [0, 0.05) is 29.4 Å². The van der Waals surface area contributed by atoms with Crippen LogP contribution in [0.2, 0.25) is 0 Å². The second-order valence-corrected chi connectivity index (χ2v) is 9.57. The van der Waals surface area contributed by atoms with E-state index in [0.717, 1.165) is 6.07 Å². The molecule has 0 saturated heterocycles. The third-order valence-electron chi connectivity index (χ3n) is 5.22. The number of methoxy groups -OCH3 is 2. The topological polar surface area (TPSA) is 99.1 Å². The first-order valence-electron chi connectivity index (χ1n) is 11.0. The Morgan fingerprint density at radius 1 is 0.919 bits per heavy atom. The summed E-state index contributed by atoms with van der Waals surface area (Å²) in [6.45, 7) is 1.44. The highest BCUT2D eigenvalue weighted by atomic mass is 32.2. The van der Waals surface area contributed by atoms with Gasteiger partial charge in [-0.05, 0) is 48.9 Å². The number of amidine groups is 1. The Bertz CT molecular complexity index is 1580. The van der Waals surface area contributed by atoms with Crippen LogP contribution in [-0.4, -0.2) is 33.5 Å². The van der Waals surface area contributed by atoms with Crippen LogP contribution >= 0.6 is 0 Å². The van der Waals surface area contributed by atoms with E-state index >= 15 is 0 Å². The minimum Gasteiger partial charge on any atom is -0.493 e. The Balaban J connectivity index is 1.51. The lowest BCUT2D eigenvalue weighted by molar-refractivity contribution is 0.355. The summed E-state index contributed by atoms with van der Waals surface area (Å²) in [6, 6.07) is 14.2. The molecule has 0 aliphatic carbocycles. The molecule has 0 amide bonds. The van der Waals surface area contributed by atoms with E-state index < -0.39 is 27.4 Å². The van der Waals surface area contributed by atoms with E-state index in [4.69, 9.17) is 14.2 Å². The summed E-state index contributed by atoms with van der Waals surface area (Å²) < 4.78 is 72.8. The maximum Gasteiger partial charge on any atom is 0.258 e. The quantitative estimate of drug-likeness (QED) is 0.232. The Labute approximate surface area is 212 Å². The van der Waals surface area contributed by atoms with Gasteiger partial charge in [-0.25, -0.2) is 17.2 Å². The molecule has 3 aromatic carbocycles. The summed E-state index contributed by atoms with van der Waals surface area (Å²) in [5, 5.41) is 3.35. The number of pyridine rings is 1. The summed E-state index contributed by atoms with van der Waals surface area (Å²) in [6.07, 6.45) is 1.53. The molecule has 1 aromatic heterocycles. The van der Waals surface area contributed by atoms with Crippen molar-refractivity contribution in [2.45, 2.75) is 12.7 Å². The Morgan fingerprint density at radius 3 is 2.30 bits per heavy atom. The number of aromatic nitrogens is 1. The van der Waals surface area contributed by atoms with Gasteiger partial charge in [-0.1, -0.05) is 12.1 Å². The first-order chi connectivity index (χ1) is 17.7. The number of nitrogens with one attached hydrogen (secondary N) is 1. The second kappa shape index (κ2) is 10.8. The van der Waals surface area contributed by atoms with Gasteiger partial charge in [-0.2, -0.15) is 4.40 Å². The number of hydrogen-bond donors (Lipinski definition) is 1. The average molecular weight is 528 g/mol. The van der Waals surface area contributed by atoms with Gasteiger partial charge in [0.15, 0.2) is 23.1 Å². The van der Waals surface area contributed by atoms with Crippen LogP contribution in [0.25, 0.3) is 10.9 Å². The zero-order valence-electron chi connectivity index (χ0n) is 20.2. The van der Waals surface area contributed by atoms with Gasteiger partial charge in [0.25, 0.3) is 10.0 Å².